The standard InChI is InChI=1S/C22H25FO2.C8H17NO.CH3NO/c1-6-14-25-21-13-12-20(23)22(16(21)4)15(3)19(7-2)17-8-10-18(24-5)11-9-17;1-2-3-4-9-5-7-10-8-6-9;2-1-3/h7-13H,3,6,14H2,1-2,4-5H3;2-8H2,1H3;1H,(H2,2,3)/b19-7+;;. The minimum atomic E-state index is -0.292. The molecule has 2 aromatic rings. The highest BCUT2D eigenvalue weighted by Gasteiger charge is 2.17. The van der Waals surface area contributed by atoms with Crippen molar-refractivity contribution in [3.8, 4) is 11.5 Å². The van der Waals surface area contributed by atoms with E-state index in [1.165, 1.54) is 25.5 Å². The predicted molar refractivity (Wildman–Crippen MR) is 155 cm³/mol. The Morgan fingerprint density at radius 1 is 1.13 bits per heavy atom. The normalized spacial score (nSPS) is 13.4. The van der Waals surface area contributed by atoms with Gasteiger partial charge in [-0.05, 0) is 74.2 Å². The van der Waals surface area contributed by atoms with Crippen LogP contribution in [0.3, 0.4) is 0 Å². The van der Waals surface area contributed by atoms with E-state index in [0.29, 0.717) is 23.5 Å². The maximum Gasteiger partial charge on any atom is 0.204 e. The van der Waals surface area contributed by atoms with Gasteiger partial charge < -0.3 is 19.9 Å². The average molecular weight is 529 g/mol. The SMILES string of the molecule is C=C(/C(=C\C)c1ccc(OC)cc1)c1c(F)ccc(OCCC)c1C.CCCCN1CCOCC1.NC=O. The third-order valence-corrected chi connectivity index (χ3v) is 6.07. The van der Waals surface area contributed by atoms with E-state index in [4.69, 9.17) is 19.0 Å². The van der Waals surface area contributed by atoms with Crippen LogP contribution in [0.15, 0.2) is 49.1 Å². The summed E-state index contributed by atoms with van der Waals surface area (Å²) in [7, 11) is 1.63. The van der Waals surface area contributed by atoms with Crippen molar-refractivity contribution in [3.63, 3.8) is 0 Å². The molecule has 0 unspecified atom stereocenters. The van der Waals surface area contributed by atoms with Crippen LogP contribution in [0.5, 0.6) is 11.5 Å². The lowest BCUT2D eigenvalue weighted by Gasteiger charge is -2.26. The smallest absolute Gasteiger partial charge is 0.204 e. The molecule has 7 heteroatoms. The largest absolute Gasteiger partial charge is 0.497 e. The number of nitrogens with two attached hydrogens (primary N) is 1. The predicted octanol–water partition coefficient (Wildman–Crippen LogP) is 6.27. The molecule has 1 aliphatic rings. The first-order valence-electron chi connectivity index (χ1n) is 13.3. The van der Waals surface area contributed by atoms with Crippen LogP contribution in [-0.4, -0.2) is 57.9 Å². The molecule has 1 saturated heterocycles. The Morgan fingerprint density at radius 3 is 2.29 bits per heavy atom. The van der Waals surface area contributed by atoms with Crippen molar-refractivity contribution in [2.24, 2.45) is 5.73 Å². The molecule has 0 saturated carbocycles. The number of methoxy groups -OCH3 is 1. The number of carbonyl (C=O) groups is 1. The van der Waals surface area contributed by atoms with Crippen molar-refractivity contribution in [2.45, 2.75) is 47.0 Å². The number of hydrogen-bond donors (Lipinski definition) is 1. The summed E-state index contributed by atoms with van der Waals surface area (Å²) >= 11 is 0. The van der Waals surface area contributed by atoms with Gasteiger partial charge in [-0.25, -0.2) is 4.39 Å². The fourth-order valence-corrected chi connectivity index (χ4v) is 4.03. The van der Waals surface area contributed by atoms with Gasteiger partial charge in [0.05, 0.1) is 26.9 Å². The van der Waals surface area contributed by atoms with Gasteiger partial charge in [-0.2, -0.15) is 0 Å². The lowest BCUT2D eigenvalue weighted by molar-refractivity contribution is -0.106. The molecule has 1 fully saturated rings. The van der Waals surface area contributed by atoms with E-state index >= 15 is 0 Å². The number of ether oxygens (including phenoxy) is 3. The minimum Gasteiger partial charge on any atom is -0.497 e. The second-order valence-electron chi connectivity index (χ2n) is 8.75. The summed E-state index contributed by atoms with van der Waals surface area (Å²) in [4.78, 5) is 11.1. The fraction of sp³-hybridized carbons (Fsp3) is 0.452. The van der Waals surface area contributed by atoms with E-state index in [1.54, 1.807) is 13.2 Å². The lowest BCUT2D eigenvalue weighted by atomic mass is 9.90. The summed E-state index contributed by atoms with van der Waals surface area (Å²) in [5.41, 5.74) is 7.93. The molecule has 0 aliphatic carbocycles. The van der Waals surface area contributed by atoms with E-state index in [9.17, 15) is 4.39 Å². The molecular weight excluding hydrogens is 483 g/mol. The number of benzene rings is 2. The molecular formula is C31H45FN2O4. The van der Waals surface area contributed by atoms with Crippen molar-refractivity contribution in [1.29, 1.82) is 0 Å². The summed E-state index contributed by atoms with van der Waals surface area (Å²) in [6, 6.07) is 10.8. The number of nitrogens with zero attached hydrogens (tertiary/aromatic N) is 1. The number of amides is 1. The van der Waals surface area contributed by atoms with Crippen LogP contribution in [0.1, 0.15) is 56.7 Å². The van der Waals surface area contributed by atoms with Crippen molar-refractivity contribution in [3.05, 3.63) is 71.6 Å². The molecule has 1 heterocycles. The monoisotopic (exact) mass is 528 g/mol. The van der Waals surface area contributed by atoms with Gasteiger partial charge in [-0.1, -0.05) is 45.1 Å². The maximum atomic E-state index is 14.6. The van der Waals surface area contributed by atoms with Crippen LogP contribution in [0.2, 0.25) is 0 Å². The van der Waals surface area contributed by atoms with Crippen LogP contribution in [0.4, 0.5) is 4.39 Å². The highest BCUT2D eigenvalue weighted by molar-refractivity contribution is 6.04. The number of rotatable bonds is 10. The number of allylic oxidation sites excluding steroid dienone is 3. The second-order valence-corrected chi connectivity index (χ2v) is 8.75. The number of unbranched alkanes of at least 4 members (excludes halogenated alkanes) is 1. The zero-order valence-electron chi connectivity index (χ0n) is 23.7. The Kier molecular flexibility index (Phi) is 16.4. The van der Waals surface area contributed by atoms with Gasteiger partial charge in [0.15, 0.2) is 0 Å². The number of morpholine rings is 1. The molecule has 0 radical (unpaired) electrons. The van der Waals surface area contributed by atoms with E-state index in [2.05, 4.69) is 24.1 Å². The number of hydrogen-bond acceptors (Lipinski definition) is 5. The van der Waals surface area contributed by atoms with Crippen LogP contribution in [0.25, 0.3) is 11.1 Å². The zero-order valence-corrected chi connectivity index (χ0v) is 23.7. The zero-order chi connectivity index (χ0) is 28.3. The lowest BCUT2D eigenvalue weighted by Crippen LogP contribution is -2.36. The van der Waals surface area contributed by atoms with Gasteiger partial charge >= 0.3 is 0 Å². The van der Waals surface area contributed by atoms with Gasteiger partial charge in [0.1, 0.15) is 17.3 Å². The van der Waals surface area contributed by atoms with E-state index in [0.717, 1.165) is 55.2 Å². The Balaban J connectivity index is 0.000000459. The van der Waals surface area contributed by atoms with E-state index in [-0.39, 0.29) is 12.2 Å². The van der Waals surface area contributed by atoms with Crippen LogP contribution >= 0.6 is 0 Å². The van der Waals surface area contributed by atoms with Crippen molar-refractivity contribution in [1.82, 2.24) is 4.90 Å². The summed E-state index contributed by atoms with van der Waals surface area (Å²) in [5, 5.41) is 0. The number of carbonyl (C=O) groups excluding carboxylic acids is 1. The van der Waals surface area contributed by atoms with Crippen LogP contribution in [-0.2, 0) is 9.53 Å². The summed E-state index contributed by atoms with van der Waals surface area (Å²) in [6.07, 6.45) is 5.74. The molecule has 2 N–H and O–H groups in total. The first-order chi connectivity index (χ1) is 18.4. The highest BCUT2D eigenvalue weighted by Crippen LogP contribution is 2.36. The van der Waals surface area contributed by atoms with Gasteiger partial charge in [0.2, 0.25) is 6.41 Å². The van der Waals surface area contributed by atoms with Crippen LogP contribution < -0.4 is 15.2 Å². The number of halogens is 1. The molecule has 0 atom stereocenters. The topological polar surface area (TPSA) is 74.0 Å². The molecule has 0 aromatic heterocycles. The summed E-state index contributed by atoms with van der Waals surface area (Å²) in [5.74, 6) is 1.19. The quantitative estimate of drug-likeness (QED) is 0.291. The third-order valence-electron chi connectivity index (χ3n) is 6.07. The van der Waals surface area contributed by atoms with Crippen LogP contribution in [0, 0.1) is 12.7 Å². The minimum absolute atomic E-state index is 0.250. The molecule has 38 heavy (non-hydrogen) atoms. The van der Waals surface area contributed by atoms with Gasteiger partial charge in [-0.3, -0.25) is 9.69 Å². The second kappa shape index (κ2) is 19.0. The first kappa shape index (κ1) is 32.9. The molecule has 3 rings (SSSR count). The van der Waals surface area contributed by atoms with Gasteiger partial charge in [0.25, 0.3) is 0 Å². The molecule has 2 aromatic carbocycles. The van der Waals surface area contributed by atoms with Crippen molar-refractivity contribution >= 4 is 17.6 Å². The molecule has 210 valence electrons. The third kappa shape index (κ3) is 10.7. The van der Waals surface area contributed by atoms with E-state index in [1.807, 2.05) is 51.1 Å². The molecule has 1 aliphatic heterocycles. The molecule has 1 amide bonds. The van der Waals surface area contributed by atoms with Gasteiger partial charge in [-0.15, -0.1) is 0 Å². The maximum absolute atomic E-state index is 14.6. The highest BCUT2D eigenvalue weighted by atomic mass is 19.1. The van der Waals surface area contributed by atoms with Crippen molar-refractivity contribution in [2.75, 3.05) is 46.6 Å². The molecule has 6 nitrogen and oxygen atoms in total. The average Bonchev–Trinajstić information content (AvgIpc) is 2.94. The van der Waals surface area contributed by atoms with E-state index < -0.39 is 0 Å². The Hall–Kier alpha value is -3.16. The molecule has 0 bridgehead atoms. The number of primary amides is 1. The Bertz CT molecular complexity index is 1000. The van der Waals surface area contributed by atoms with Crippen molar-refractivity contribution < 1.29 is 23.4 Å². The summed E-state index contributed by atoms with van der Waals surface area (Å²) in [6.45, 7) is 18.3. The summed E-state index contributed by atoms with van der Waals surface area (Å²) < 4.78 is 30.7. The Labute approximate surface area is 228 Å². The Morgan fingerprint density at radius 2 is 1.76 bits per heavy atom. The first-order valence-corrected chi connectivity index (χ1v) is 13.3. The molecule has 0 spiro atoms. The van der Waals surface area contributed by atoms with Gasteiger partial charge in [0, 0.05) is 24.2 Å². The fourth-order valence-electron chi connectivity index (χ4n) is 4.03.